The molecule has 0 fully saturated rings. The minimum atomic E-state index is -0.318. The van der Waals surface area contributed by atoms with Crippen molar-refractivity contribution in [2.45, 2.75) is 0 Å². The summed E-state index contributed by atoms with van der Waals surface area (Å²) in [6, 6.07) is 3.17. The van der Waals surface area contributed by atoms with Gasteiger partial charge >= 0.3 is 7.05 Å². The first-order chi connectivity index (χ1) is 6.36. The smallest absolute Gasteiger partial charge is 0.423 e. The molecule has 1 aliphatic rings. The highest BCUT2D eigenvalue weighted by atomic mass is 16.4. The minimum absolute atomic E-state index is 0. The van der Waals surface area contributed by atoms with E-state index in [9.17, 15) is 4.79 Å². The predicted octanol–water partition coefficient (Wildman–Crippen LogP) is 0.439. The summed E-state index contributed by atoms with van der Waals surface area (Å²) in [4.78, 5) is 10.9. The van der Waals surface area contributed by atoms with E-state index in [1.165, 1.54) is 6.07 Å². The van der Waals surface area contributed by atoms with Crippen molar-refractivity contribution in [1.82, 2.24) is 0 Å². The molecule has 0 atom stereocenters. The number of rotatable bonds is 0. The third-order valence-corrected chi connectivity index (χ3v) is 1.75. The third-order valence-electron chi connectivity index (χ3n) is 1.75. The van der Waals surface area contributed by atoms with Gasteiger partial charge in [-0.2, -0.15) is 0 Å². The van der Waals surface area contributed by atoms with Crippen LogP contribution in [-0.2, 0) is 0 Å². The standard InChI is InChI=1S/C11H8O2/c12-11-8-7-9-5-3-1-2-4-6-10(9)13-11/h1-8H/p+1/b2-1?,3-1-,4-2-,5-3?,6-4?,9-5-,10-6+. The maximum atomic E-state index is 10.9. The van der Waals surface area contributed by atoms with Crippen LogP contribution in [0.15, 0.2) is 45.6 Å². The van der Waals surface area contributed by atoms with Crippen LogP contribution in [0.5, 0.6) is 0 Å². The Hall–Kier alpha value is -1.83. The highest BCUT2D eigenvalue weighted by molar-refractivity contribution is 5.45. The fraction of sp³-hybridized carbons (Fsp3) is 0. The first-order valence-electron chi connectivity index (χ1n) is 4.02. The Morgan fingerprint density at radius 3 is 2.62 bits per heavy atom. The van der Waals surface area contributed by atoms with Crippen LogP contribution in [0.25, 0.3) is 12.2 Å². The number of allylic oxidation sites excluding steroid dienone is 4. The summed E-state index contributed by atoms with van der Waals surface area (Å²) in [5.41, 5.74) is 0.287. The lowest BCUT2D eigenvalue weighted by Crippen LogP contribution is -2.27. The fourth-order valence-electron chi connectivity index (χ4n) is 1.14. The Balaban J connectivity index is 0.000000980. The van der Waals surface area contributed by atoms with Gasteiger partial charge in [-0.05, 0) is 12.1 Å². The molecule has 13 heavy (non-hydrogen) atoms. The van der Waals surface area contributed by atoms with E-state index in [-0.39, 0.29) is 7.05 Å². The molecule has 1 aromatic heterocycles. The molecule has 0 radical (unpaired) electrons. The van der Waals surface area contributed by atoms with Crippen molar-refractivity contribution in [3.8, 4) is 0 Å². The van der Waals surface area contributed by atoms with Crippen LogP contribution in [0.4, 0.5) is 0 Å². The van der Waals surface area contributed by atoms with Crippen molar-refractivity contribution in [3.05, 3.63) is 57.5 Å². The zero-order valence-corrected chi connectivity index (χ0v) is 6.94. The van der Waals surface area contributed by atoms with Crippen molar-refractivity contribution >= 4 is 12.2 Å². The predicted molar refractivity (Wildman–Crippen MR) is 52.6 cm³/mol. The second-order valence-corrected chi connectivity index (χ2v) is 2.68. The molecule has 0 N–H and O–H groups in total. The van der Waals surface area contributed by atoms with Crippen LogP contribution in [0.2, 0.25) is 0 Å². The molecular formula is C11H9O2+. The van der Waals surface area contributed by atoms with Gasteiger partial charge in [-0.3, -0.25) is 0 Å². The maximum absolute atomic E-state index is 10.9. The van der Waals surface area contributed by atoms with Crippen molar-refractivity contribution < 1.29 is 5.84 Å². The Morgan fingerprint density at radius 1 is 1.00 bits per heavy atom. The summed E-state index contributed by atoms with van der Waals surface area (Å²) in [7, 11) is 0. The van der Waals surface area contributed by atoms with Gasteiger partial charge in [0.2, 0.25) is 0 Å². The molecule has 0 unspecified atom stereocenters. The Morgan fingerprint density at radius 2 is 1.77 bits per heavy atom. The lowest BCUT2D eigenvalue weighted by Gasteiger charge is -1.88. The van der Waals surface area contributed by atoms with Gasteiger partial charge in [0.25, 0.3) is 0 Å². The molecular weight excluding hydrogens is 164 g/mol. The Kier molecular flexibility index (Phi) is 1.96. The molecule has 0 amide bonds. The molecule has 2 rings (SSSR count). The third kappa shape index (κ3) is 1.67. The van der Waals surface area contributed by atoms with Gasteiger partial charge in [-0.1, -0.05) is 30.4 Å². The maximum Gasteiger partial charge on any atom is 1.00 e. The van der Waals surface area contributed by atoms with E-state index in [0.29, 0.717) is 5.42 Å². The fourth-order valence-corrected chi connectivity index (χ4v) is 1.14. The molecule has 2 nitrogen and oxygen atoms in total. The van der Waals surface area contributed by atoms with Crippen LogP contribution >= 0.6 is 0 Å². The molecule has 0 spiro atoms. The first-order valence-corrected chi connectivity index (χ1v) is 4.02. The van der Waals surface area contributed by atoms with Crippen molar-refractivity contribution in [2.75, 3.05) is 0 Å². The first kappa shape index (κ1) is 7.80. The highest BCUT2D eigenvalue weighted by Crippen LogP contribution is 1.82. The minimum Gasteiger partial charge on any atom is -0.423 e. The van der Waals surface area contributed by atoms with Gasteiger partial charge in [-0.15, -0.1) is 0 Å². The van der Waals surface area contributed by atoms with Gasteiger partial charge in [-0.25, -0.2) is 4.79 Å². The Bertz CT molecular complexity index is 535. The normalized spacial score (nSPS) is 23.7. The quantitative estimate of drug-likeness (QED) is 0.570. The highest BCUT2D eigenvalue weighted by Gasteiger charge is 1.88. The Labute approximate surface area is 76.3 Å². The van der Waals surface area contributed by atoms with Gasteiger partial charge in [0.15, 0.2) is 0 Å². The largest absolute Gasteiger partial charge is 1.00 e. The van der Waals surface area contributed by atoms with Crippen LogP contribution < -0.4 is 16.3 Å². The topological polar surface area (TPSA) is 30.2 Å². The van der Waals surface area contributed by atoms with Gasteiger partial charge < -0.3 is 4.42 Å². The van der Waals surface area contributed by atoms with Gasteiger partial charge in [0.1, 0.15) is 5.42 Å². The second kappa shape index (κ2) is 3.27. The molecule has 64 valence electrons. The average molecular weight is 173 g/mol. The van der Waals surface area contributed by atoms with E-state index in [1.54, 1.807) is 12.1 Å². The summed E-state index contributed by atoms with van der Waals surface area (Å²) < 4.78 is 5.01. The van der Waals surface area contributed by atoms with Gasteiger partial charge in [0, 0.05) is 11.3 Å². The van der Waals surface area contributed by atoms with Crippen LogP contribution in [-0.4, -0.2) is 0 Å². The van der Waals surface area contributed by atoms with Crippen LogP contribution in [0, 0.1) is 0 Å². The molecule has 0 saturated carbocycles. The monoisotopic (exact) mass is 173 g/mol. The molecule has 2 heteroatoms. The van der Waals surface area contributed by atoms with Crippen molar-refractivity contribution in [2.24, 2.45) is 0 Å². The second-order valence-electron chi connectivity index (χ2n) is 2.68. The van der Waals surface area contributed by atoms with E-state index in [1.807, 2.05) is 30.4 Å². The van der Waals surface area contributed by atoms with E-state index in [0.717, 1.165) is 5.22 Å². The van der Waals surface area contributed by atoms with E-state index >= 15 is 0 Å². The SMILES string of the molecule is O=c1ccc2/c(o1)=C\C=C/C=C\C=2.[H+]. The summed E-state index contributed by atoms with van der Waals surface area (Å²) in [6.45, 7) is 0. The number of hydrogen-bond acceptors (Lipinski definition) is 2. The molecule has 1 aromatic rings. The molecule has 1 heterocycles. The molecule has 0 aromatic carbocycles. The van der Waals surface area contributed by atoms with Crippen molar-refractivity contribution in [3.63, 3.8) is 0 Å². The van der Waals surface area contributed by atoms with E-state index < -0.39 is 0 Å². The molecule has 0 bridgehead atoms. The van der Waals surface area contributed by atoms with E-state index in [4.69, 9.17) is 4.42 Å². The van der Waals surface area contributed by atoms with E-state index in [2.05, 4.69) is 0 Å². The number of hydrogen-bond donors (Lipinski definition) is 0. The zero-order valence-electron chi connectivity index (χ0n) is 7.94. The molecule has 0 aliphatic heterocycles. The average Bonchev–Trinajstić information content (AvgIpc) is 2.08. The van der Waals surface area contributed by atoms with Crippen LogP contribution in [0.1, 0.15) is 1.43 Å². The number of fused-ring (bicyclic) bond motifs is 1. The summed E-state index contributed by atoms with van der Waals surface area (Å²) >= 11 is 0. The summed E-state index contributed by atoms with van der Waals surface area (Å²) in [6.07, 6.45) is 11.2. The molecule has 1 aliphatic carbocycles. The zero-order chi connectivity index (χ0) is 9.10. The van der Waals surface area contributed by atoms with Crippen molar-refractivity contribution in [1.29, 1.82) is 0 Å². The van der Waals surface area contributed by atoms with Crippen LogP contribution in [0.3, 0.4) is 0 Å². The lowest BCUT2D eigenvalue weighted by atomic mass is 10.2. The summed E-state index contributed by atoms with van der Waals surface area (Å²) in [5, 5.41) is 0.917. The van der Waals surface area contributed by atoms with Gasteiger partial charge in [0.05, 0.1) is 0 Å². The molecule has 0 saturated heterocycles. The lowest BCUT2D eigenvalue weighted by molar-refractivity contribution is 0.474. The summed E-state index contributed by atoms with van der Waals surface area (Å²) in [5.74, 6) is 0.